The molecule has 0 radical (unpaired) electrons. The summed E-state index contributed by atoms with van der Waals surface area (Å²) in [4.78, 5) is 4.59. The van der Waals surface area contributed by atoms with Crippen molar-refractivity contribution in [1.29, 1.82) is 0 Å². The first-order valence-corrected chi connectivity index (χ1v) is 5.43. The maximum atomic E-state index is 5.60. The minimum atomic E-state index is 0.747. The Morgan fingerprint density at radius 1 is 1.06 bits per heavy atom. The van der Waals surface area contributed by atoms with Crippen LogP contribution in [0.25, 0.3) is 22.0 Å². The molecule has 3 rings (SSSR count). The van der Waals surface area contributed by atoms with Crippen molar-refractivity contribution in [2.45, 2.75) is 20.8 Å². The van der Waals surface area contributed by atoms with Gasteiger partial charge < -0.3 is 4.42 Å². The van der Waals surface area contributed by atoms with E-state index in [0.717, 1.165) is 22.4 Å². The van der Waals surface area contributed by atoms with Gasteiger partial charge in [0.15, 0.2) is 0 Å². The number of aryl methyl sites for hydroxylation is 3. The molecule has 16 heavy (non-hydrogen) atoms. The molecule has 80 valence electrons. The average Bonchev–Trinajstić information content (AvgIpc) is 2.61. The quantitative estimate of drug-likeness (QED) is 0.563. The van der Waals surface area contributed by atoms with Gasteiger partial charge in [-0.15, -0.1) is 0 Å². The van der Waals surface area contributed by atoms with Crippen LogP contribution < -0.4 is 0 Å². The van der Waals surface area contributed by atoms with Crippen LogP contribution in [0.15, 0.2) is 28.7 Å². The molecule has 0 spiro atoms. The van der Waals surface area contributed by atoms with Crippen LogP contribution in [0, 0.1) is 20.8 Å². The fraction of sp³-hybridized carbons (Fsp3) is 0.214. The highest BCUT2D eigenvalue weighted by Gasteiger charge is 2.10. The third-order valence-electron chi connectivity index (χ3n) is 3.09. The zero-order chi connectivity index (χ0) is 11.3. The maximum Gasteiger partial charge on any atom is 0.227 e. The molecule has 1 aromatic carbocycles. The SMILES string of the molecule is Cc1cc2c(C)c3cccc(C)c3nc2o1. The van der Waals surface area contributed by atoms with Crippen molar-refractivity contribution in [2.75, 3.05) is 0 Å². The maximum absolute atomic E-state index is 5.60. The number of fused-ring (bicyclic) bond motifs is 2. The Morgan fingerprint density at radius 3 is 2.69 bits per heavy atom. The topological polar surface area (TPSA) is 26.0 Å². The largest absolute Gasteiger partial charge is 0.443 e. The van der Waals surface area contributed by atoms with Gasteiger partial charge >= 0.3 is 0 Å². The summed E-state index contributed by atoms with van der Waals surface area (Å²) >= 11 is 0. The lowest BCUT2D eigenvalue weighted by molar-refractivity contribution is 0.569. The fourth-order valence-electron chi connectivity index (χ4n) is 2.21. The van der Waals surface area contributed by atoms with Gasteiger partial charge in [0.2, 0.25) is 5.71 Å². The van der Waals surface area contributed by atoms with E-state index < -0.39 is 0 Å². The van der Waals surface area contributed by atoms with E-state index in [-0.39, 0.29) is 0 Å². The second-order valence-corrected chi connectivity index (χ2v) is 4.28. The average molecular weight is 211 g/mol. The third kappa shape index (κ3) is 1.16. The van der Waals surface area contributed by atoms with Crippen LogP contribution in [0.4, 0.5) is 0 Å². The van der Waals surface area contributed by atoms with E-state index in [2.05, 4.69) is 43.1 Å². The normalized spacial score (nSPS) is 11.4. The number of furan rings is 1. The molecular formula is C14H13NO. The van der Waals surface area contributed by atoms with Gasteiger partial charge in [-0.1, -0.05) is 18.2 Å². The van der Waals surface area contributed by atoms with Crippen molar-refractivity contribution in [3.8, 4) is 0 Å². The fourth-order valence-corrected chi connectivity index (χ4v) is 2.21. The Balaban J connectivity index is 2.60. The predicted octanol–water partition coefficient (Wildman–Crippen LogP) is 3.91. The van der Waals surface area contributed by atoms with E-state index in [1.165, 1.54) is 16.5 Å². The van der Waals surface area contributed by atoms with E-state index in [1.807, 2.05) is 6.92 Å². The van der Waals surface area contributed by atoms with Crippen molar-refractivity contribution < 1.29 is 4.42 Å². The molecule has 0 aliphatic rings. The molecule has 0 aliphatic carbocycles. The molecule has 0 unspecified atom stereocenters. The summed E-state index contributed by atoms with van der Waals surface area (Å²) < 4.78 is 5.60. The lowest BCUT2D eigenvalue weighted by atomic mass is 10.0. The highest BCUT2D eigenvalue weighted by atomic mass is 16.3. The van der Waals surface area contributed by atoms with Crippen LogP contribution in [-0.2, 0) is 0 Å². The summed E-state index contributed by atoms with van der Waals surface area (Å²) in [5.74, 6) is 0.915. The summed E-state index contributed by atoms with van der Waals surface area (Å²) in [6, 6.07) is 8.33. The van der Waals surface area contributed by atoms with E-state index >= 15 is 0 Å². The summed E-state index contributed by atoms with van der Waals surface area (Å²) in [6.07, 6.45) is 0. The Morgan fingerprint density at radius 2 is 1.88 bits per heavy atom. The van der Waals surface area contributed by atoms with Gasteiger partial charge in [0.05, 0.1) is 5.52 Å². The van der Waals surface area contributed by atoms with Crippen LogP contribution in [0.2, 0.25) is 0 Å². The van der Waals surface area contributed by atoms with E-state index in [1.54, 1.807) is 0 Å². The van der Waals surface area contributed by atoms with Gasteiger partial charge in [-0.2, -0.15) is 0 Å². The van der Waals surface area contributed by atoms with Crippen LogP contribution in [0.5, 0.6) is 0 Å². The van der Waals surface area contributed by atoms with Crippen LogP contribution in [0.1, 0.15) is 16.9 Å². The zero-order valence-electron chi connectivity index (χ0n) is 9.66. The van der Waals surface area contributed by atoms with Crippen molar-refractivity contribution in [1.82, 2.24) is 4.98 Å². The van der Waals surface area contributed by atoms with E-state index in [4.69, 9.17) is 4.42 Å². The summed E-state index contributed by atoms with van der Waals surface area (Å²) in [7, 11) is 0. The Labute approximate surface area is 93.9 Å². The van der Waals surface area contributed by atoms with Crippen LogP contribution in [-0.4, -0.2) is 4.98 Å². The first-order valence-electron chi connectivity index (χ1n) is 5.43. The number of hydrogen-bond donors (Lipinski definition) is 0. The number of rotatable bonds is 0. The second kappa shape index (κ2) is 3.08. The number of hydrogen-bond acceptors (Lipinski definition) is 2. The Bertz CT molecular complexity index is 695. The van der Waals surface area contributed by atoms with Crippen LogP contribution >= 0.6 is 0 Å². The number of pyridine rings is 1. The lowest BCUT2D eigenvalue weighted by Crippen LogP contribution is -1.87. The first kappa shape index (κ1) is 9.40. The van der Waals surface area contributed by atoms with Gasteiger partial charge in [-0.05, 0) is 38.0 Å². The van der Waals surface area contributed by atoms with Crippen LogP contribution in [0.3, 0.4) is 0 Å². The Kier molecular flexibility index (Phi) is 1.81. The van der Waals surface area contributed by atoms with E-state index in [0.29, 0.717) is 0 Å². The van der Waals surface area contributed by atoms with E-state index in [9.17, 15) is 0 Å². The molecule has 2 heteroatoms. The molecule has 0 atom stereocenters. The molecule has 0 aliphatic heterocycles. The molecule has 0 N–H and O–H groups in total. The molecule has 0 fully saturated rings. The highest BCUT2D eigenvalue weighted by molar-refractivity contribution is 5.96. The van der Waals surface area contributed by atoms with Crippen molar-refractivity contribution in [3.05, 3.63) is 41.2 Å². The highest BCUT2D eigenvalue weighted by Crippen LogP contribution is 2.28. The van der Waals surface area contributed by atoms with Gasteiger partial charge in [-0.3, -0.25) is 0 Å². The molecule has 0 saturated carbocycles. The predicted molar refractivity (Wildman–Crippen MR) is 65.7 cm³/mol. The summed E-state index contributed by atoms with van der Waals surface area (Å²) in [5.41, 5.74) is 4.23. The number of aromatic nitrogens is 1. The first-order chi connectivity index (χ1) is 7.66. The molecule has 2 aromatic heterocycles. The number of nitrogens with zero attached hydrogens (tertiary/aromatic N) is 1. The molecule has 2 nitrogen and oxygen atoms in total. The van der Waals surface area contributed by atoms with Gasteiger partial charge in [-0.25, -0.2) is 4.98 Å². The standard InChI is InChI=1S/C14H13NO/c1-8-5-4-6-11-10(3)12-7-9(2)16-14(12)15-13(8)11/h4-7H,1-3H3. The van der Waals surface area contributed by atoms with Crippen molar-refractivity contribution in [2.24, 2.45) is 0 Å². The Hall–Kier alpha value is -1.83. The smallest absolute Gasteiger partial charge is 0.227 e. The minimum Gasteiger partial charge on any atom is -0.443 e. The number of benzene rings is 1. The monoisotopic (exact) mass is 211 g/mol. The summed E-state index contributed by atoms with van der Waals surface area (Å²) in [5, 5.41) is 2.34. The van der Waals surface area contributed by atoms with Gasteiger partial charge in [0.25, 0.3) is 0 Å². The molecule has 0 saturated heterocycles. The van der Waals surface area contributed by atoms with Gasteiger partial charge in [0, 0.05) is 10.8 Å². The molecule has 0 bridgehead atoms. The zero-order valence-corrected chi connectivity index (χ0v) is 9.66. The second-order valence-electron chi connectivity index (χ2n) is 4.28. The number of para-hydroxylation sites is 1. The lowest BCUT2D eigenvalue weighted by Gasteiger charge is -2.04. The van der Waals surface area contributed by atoms with Crippen molar-refractivity contribution in [3.63, 3.8) is 0 Å². The minimum absolute atomic E-state index is 0.747. The van der Waals surface area contributed by atoms with Crippen molar-refractivity contribution >= 4 is 22.0 Å². The third-order valence-corrected chi connectivity index (χ3v) is 3.09. The summed E-state index contributed by atoms with van der Waals surface area (Å²) in [6.45, 7) is 6.16. The molecule has 0 amide bonds. The van der Waals surface area contributed by atoms with Gasteiger partial charge in [0.1, 0.15) is 5.76 Å². The molecule has 2 heterocycles. The molecule has 3 aromatic rings. The molecular weight excluding hydrogens is 198 g/mol.